The summed E-state index contributed by atoms with van der Waals surface area (Å²) in [6.07, 6.45) is -1.39. The average molecular weight is 1080 g/mol. The van der Waals surface area contributed by atoms with Crippen molar-refractivity contribution in [1.82, 2.24) is 25.4 Å². The molecule has 2 aromatic carbocycles. The lowest BCUT2D eigenvalue weighted by Crippen LogP contribution is -2.46. The molecule has 76 heavy (non-hydrogen) atoms. The lowest BCUT2D eigenvalue weighted by Gasteiger charge is -2.41. The van der Waals surface area contributed by atoms with Gasteiger partial charge in [0.15, 0.2) is 11.6 Å². The van der Waals surface area contributed by atoms with E-state index in [1.54, 1.807) is 17.2 Å². The molecule has 0 spiro atoms. The summed E-state index contributed by atoms with van der Waals surface area (Å²) in [4.78, 5) is 139. The zero-order chi connectivity index (χ0) is 56.9. The number of nitrogens with two attached hydrogens (primary N) is 1. The Morgan fingerprint density at radius 3 is 2.00 bits per heavy atom. The maximum Gasteiger partial charge on any atom is 0.326 e. The van der Waals surface area contributed by atoms with E-state index in [2.05, 4.69) is 16.0 Å². The van der Waals surface area contributed by atoms with Gasteiger partial charge in [0, 0.05) is 86.3 Å². The van der Waals surface area contributed by atoms with Crippen LogP contribution in [0, 0.1) is 23.0 Å². The number of ketones is 3. The molecule has 0 aliphatic carbocycles. The Hall–Kier alpha value is -7.30. The van der Waals surface area contributed by atoms with Crippen molar-refractivity contribution < 1.29 is 76.8 Å². The van der Waals surface area contributed by atoms with Crippen LogP contribution in [0.2, 0.25) is 0 Å². The van der Waals surface area contributed by atoms with Crippen LogP contribution >= 0.6 is 11.8 Å². The van der Waals surface area contributed by atoms with Crippen molar-refractivity contribution in [3.63, 3.8) is 0 Å². The largest absolute Gasteiger partial charge is 0.481 e. The first kappa shape index (κ1) is 63.0. The van der Waals surface area contributed by atoms with Crippen LogP contribution in [0.25, 0.3) is 11.1 Å². The van der Waals surface area contributed by atoms with Crippen LogP contribution in [0.4, 0.5) is 8.78 Å². The quantitative estimate of drug-likeness (QED) is 0.0388. The van der Waals surface area contributed by atoms with E-state index >= 15 is 4.39 Å². The first-order valence-corrected chi connectivity index (χ1v) is 25.8. The summed E-state index contributed by atoms with van der Waals surface area (Å²) in [5, 5.41) is 34.3. The van der Waals surface area contributed by atoms with Crippen LogP contribution in [0.5, 0.6) is 0 Å². The first-order valence-electron chi connectivity index (χ1n) is 24.6. The van der Waals surface area contributed by atoms with Crippen molar-refractivity contribution in [1.29, 1.82) is 0 Å². The molecule has 20 nitrogen and oxygen atoms in total. The Balaban J connectivity index is 1.85. The number of hydrogen-bond acceptors (Lipinski definition) is 12. The van der Waals surface area contributed by atoms with Crippen LogP contribution in [0.15, 0.2) is 60.8 Å². The molecule has 0 saturated carbocycles. The number of thioether (sulfide) groups is 1. The van der Waals surface area contributed by atoms with E-state index in [9.17, 15) is 62.2 Å². The smallest absolute Gasteiger partial charge is 0.326 e. The Morgan fingerprint density at radius 1 is 0.724 bits per heavy atom. The third-order valence-electron chi connectivity index (χ3n) is 12.1. The van der Waals surface area contributed by atoms with Gasteiger partial charge in [-0.15, -0.1) is 0 Å². The van der Waals surface area contributed by atoms with E-state index in [1.807, 2.05) is 55.7 Å². The normalized spacial score (nSPS) is 13.2. The zero-order valence-electron chi connectivity index (χ0n) is 43.2. The molecular weight excluding hydrogens is 1010 g/mol. The minimum atomic E-state index is -1.67. The summed E-state index contributed by atoms with van der Waals surface area (Å²) in [7, 11) is 0. The molecule has 0 aliphatic rings. The fraction of sp³-hybridized carbons (Fsp3) is 0.491. The number of unbranched alkanes of at least 4 members (excludes halogenated alkanes) is 1. The molecule has 0 fully saturated rings. The molecule has 414 valence electrons. The van der Waals surface area contributed by atoms with E-state index in [0.717, 1.165) is 35.5 Å². The number of primary amides is 1. The van der Waals surface area contributed by atoms with Gasteiger partial charge in [0.1, 0.15) is 23.5 Å². The molecule has 3 rings (SSSR count). The minimum absolute atomic E-state index is 0.0181. The molecule has 23 heteroatoms. The third-order valence-corrected chi connectivity index (χ3v) is 13.0. The van der Waals surface area contributed by atoms with Crippen molar-refractivity contribution in [3.05, 3.63) is 83.7 Å². The van der Waals surface area contributed by atoms with Gasteiger partial charge in [-0.3, -0.25) is 47.9 Å². The van der Waals surface area contributed by atoms with Gasteiger partial charge in [-0.2, -0.15) is 11.8 Å². The Bertz CT molecular complexity index is 2590. The number of Topliss-reactive ketones (excluding diaryl/α,β-unsaturated/α-hetero) is 3. The van der Waals surface area contributed by atoms with Gasteiger partial charge in [-0.05, 0) is 55.0 Å². The van der Waals surface area contributed by atoms with Crippen LogP contribution in [0.3, 0.4) is 0 Å². The standard InChI is InChI=1S/C53H68F2N6O14S/c1-31(23-43(64)32(2)57-45(66)18-15-36(62)16-19-48(69)70)51(73)59-39(26-44(56)65)42(63)13-9-10-21-61(47(68)30-76-22-20-46(67)58-40(52(74)75)27-49(71)72)50(53(3,4)5)41-24-34(37-25-35(54)14-17-38(37)55)29-60(41)28-33-11-7-6-8-12-33/h6-8,11-12,14,17,24-25,29,31-32,39-40,50H,9-10,13,15-16,18-23,26-28,30H2,1-5H3,(H2,56,65)(H,57,66)(H,58,67)(H,59,73)(H,69,70)(H,71,72)(H,74,75)/t31-,32-,39-,40+,50-/m0/s1. The number of aliphatic carboxylic acids is 3. The van der Waals surface area contributed by atoms with Gasteiger partial charge in [-0.1, -0.05) is 58.0 Å². The number of hydrogen-bond donors (Lipinski definition) is 7. The number of carbonyl (C=O) groups is 11. The average Bonchev–Trinajstić information content (AvgIpc) is 3.73. The van der Waals surface area contributed by atoms with E-state index < -0.39 is 125 Å². The minimum Gasteiger partial charge on any atom is -0.481 e. The van der Waals surface area contributed by atoms with Gasteiger partial charge >= 0.3 is 17.9 Å². The van der Waals surface area contributed by atoms with Crippen LogP contribution in [-0.4, -0.2) is 126 Å². The molecule has 1 heterocycles. The maximum atomic E-state index is 15.4. The van der Waals surface area contributed by atoms with Crippen LogP contribution < -0.4 is 21.7 Å². The SMILES string of the molecule is C[C@H](NC(=O)CCC(=O)CCC(=O)O)C(=O)C[C@H](C)C(=O)N[C@@H](CC(N)=O)C(=O)CCCCN(C(=O)CSCCC(=O)N[C@H](CC(=O)O)C(=O)O)[C@@H](c1cc(-c2cc(F)ccc2F)cn1Cc1ccccc1)C(C)(C)C. The first-order chi connectivity index (χ1) is 35.7. The second-order valence-corrected chi connectivity index (χ2v) is 20.7. The number of benzene rings is 2. The van der Waals surface area contributed by atoms with Gasteiger partial charge in [0.2, 0.25) is 29.5 Å². The summed E-state index contributed by atoms with van der Waals surface area (Å²) >= 11 is 1.06. The predicted octanol–water partition coefficient (Wildman–Crippen LogP) is 4.98. The predicted molar refractivity (Wildman–Crippen MR) is 275 cm³/mol. The van der Waals surface area contributed by atoms with Crippen molar-refractivity contribution in [2.75, 3.05) is 18.1 Å². The molecule has 0 saturated heterocycles. The summed E-state index contributed by atoms with van der Waals surface area (Å²) in [6, 6.07) is 9.17. The van der Waals surface area contributed by atoms with Crippen molar-refractivity contribution in [2.24, 2.45) is 17.1 Å². The number of nitrogens with zero attached hydrogens (tertiary/aromatic N) is 2. The third kappa shape index (κ3) is 21.5. The van der Waals surface area contributed by atoms with Crippen molar-refractivity contribution in [2.45, 2.75) is 136 Å². The number of nitrogens with one attached hydrogen (secondary N) is 3. The van der Waals surface area contributed by atoms with Gasteiger partial charge in [0.05, 0.1) is 43.1 Å². The fourth-order valence-electron chi connectivity index (χ4n) is 8.16. The highest BCUT2D eigenvalue weighted by atomic mass is 32.2. The van der Waals surface area contributed by atoms with Crippen LogP contribution in [-0.2, 0) is 59.3 Å². The van der Waals surface area contributed by atoms with Gasteiger partial charge < -0.3 is 46.5 Å². The summed E-state index contributed by atoms with van der Waals surface area (Å²) in [5.74, 6) is -11.7. The fourth-order valence-corrected chi connectivity index (χ4v) is 8.98. The number of carboxylic acid groups (broad SMARTS) is 3. The lowest BCUT2D eigenvalue weighted by molar-refractivity contribution is -0.147. The van der Waals surface area contributed by atoms with E-state index in [4.69, 9.17) is 15.9 Å². The maximum absolute atomic E-state index is 15.4. The number of carboxylic acids is 3. The van der Waals surface area contributed by atoms with Crippen molar-refractivity contribution >= 4 is 76.6 Å². The lowest BCUT2D eigenvalue weighted by atomic mass is 9.82. The highest BCUT2D eigenvalue weighted by Crippen LogP contribution is 2.41. The number of aromatic nitrogens is 1. The van der Waals surface area contributed by atoms with E-state index in [-0.39, 0.29) is 87.9 Å². The number of carbonyl (C=O) groups excluding carboxylic acids is 8. The number of amides is 5. The highest BCUT2D eigenvalue weighted by molar-refractivity contribution is 7.99. The molecular formula is C53H68F2N6O14S. The second-order valence-electron chi connectivity index (χ2n) is 19.6. The molecule has 8 N–H and O–H groups in total. The number of halogens is 2. The molecule has 0 aliphatic heterocycles. The molecule has 1 aromatic heterocycles. The van der Waals surface area contributed by atoms with Crippen molar-refractivity contribution in [3.8, 4) is 11.1 Å². The molecule has 0 unspecified atom stereocenters. The van der Waals surface area contributed by atoms with E-state index in [0.29, 0.717) is 11.3 Å². The monoisotopic (exact) mass is 1080 g/mol. The van der Waals surface area contributed by atoms with Gasteiger partial charge in [0.25, 0.3) is 0 Å². The number of rotatable bonds is 34. The van der Waals surface area contributed by atoms with Crippen LogP contribution in [0.1, 0.15) is 123 Å². The Kier molecular flexibility index (Phi) is 25.1. The summed E-state index contributed by atoms with van der Waals surface area (Å²) in [6.45, 7) is 8.73. The molecule has 5 atom stereocenters. The topological polar surface area (TPSA) is 319 Å². The summed E-state index contributed by atoms with van der Waals surface area (Å²) < 4.78 is 31.9. The molecule has 0 bridgehead atoms. The Morgan fingerprint density at radius 2 is 1.38 bits per heavy atom. The molecule has 0 radical (unpaired) electrons. The zero-order valence-corrected chi connectivity index (χ0v) is 44.1. The highest BCUT2D eigenvalue weighted by Gasteiger charge is 2.37. The van der Waals surface area contributed by atoms with Gasteiger partial charge in [-0.25, -0.2) is 13.6 Å². The molecule has 5 amide bonds. The Labute approximate surface area is 443 Å². The van der Waals surface area contributed by atoms with E-state index in [1.165, 1.54) is 13.8 Å². The summed E-state index contributed by atoms with van der Waals surface area (Å²) in [5.41, 5.74) is 6.43. The second kappa shape index (κ2) is 30.3. The molecule has 3 aromatic rings.